The van der Waals surface area contributed by atoms with Gasteiger partial charge in [0.15, 0.2) is 0 Å². The molecule has 1 atom stereocenters. The number of H-pyrrole nitrogens is 1. The Labute approximate surface area is 169 Å². The molecule has 146 valence electrons. The molecule has 0 radical (unpaired) electrons. The summed E-state index contributed by atoms with van der Waals surface area (Å²) in [5.41, 5.74) is 0.955. The van der Waals surface area contributed by atoms with Crippen molar-refractivity contribution in [1.29, 1.82) is 0 Å². The lowest BCUT2D eigenvalue weighted by molar-refractivity contribution is 0.0930. The number of benzene rings is 2. The van der Waals surface area contributed by atoms with Gasteiger partial charge < -0.3 is 10.3 Å². The van der Waals surface area contributed by atoms with Crippen molar-refractivity contribution in [2.45, 2.75) is 19.9 Å². The lowest BCUT2D eigenvalue weighted by atomic mass is 10.0. The van der Waals surface area contributed by atoms with E-state index in [0.29, 0.717) is 17.0 Å². The fourth-order valence-corrected chi connectivity index (χ4v) is 3.72. The van der Waals surface area contributed by atoms with E-state index in [1.807, 2.05) is 36.4 Å². The standard InChI is InChI=1S/C22H24ClN3O2/c1-3-26(4-2)20(17-11-7-8-12-18(17)23)14-24-22(28)19-13-15-9-5-6-10-16(15)21(27)25-19/h5-13,20H,3-4,14H2,1-2H3,(H,24,28)(H,25,27). The van der Waals surface area contributed by atoms with Gasteiger partial charge in [0.2, 0.25) is 0 Å². The number of nitrogens with zero attached hydrogens (tertiary/aromatic N) is 1. The average molecular weight is 398 g/mol. The van der Waals surface area contributed by atoms with Gasteiger partial charge in [-0.05, 0) is 42.2 Å². The van der Waals surface area contributed by atoms with Gasteiger partial charge in [-0.2, -0.15) is 0 Å². The van der Waals surface area contributed by atoms with E-state index in [1.165, 1.54) is 0 Å². The number of halogens is 1. The van der Waals surface area contributed by atoms with Gasteiger partial charge in [0, 0.05) is 17.0 Å². The van der Waals surface area contributed by atoms with Crippen molar-refractivity contribution < 1.29 is 4.79 Å². The third-order valence-electron chi connectivity index (χ3n) is 4.97. The number of carbonyl (C=O) groups excluding carboxylic acids is 1. The molecule has 0 spiro atoms. The summed E-state index contributed by atoms with van der Waals surface area (Å²) in [5, 5.41) is 4.93. The third-order valence-corrected chi connectivity index (χ3v) is 5.32. The Morgan fingerprint density at radius 3 is 2.50 bits per heavy atom. The molecule has 1 aromatic heterocycles. The molecule has 0 saturated carbocycles. The number of amides is 1. The molecule has 3 rings (SSSR count). The molecule has 5 nitrogen and oxygen atoms in total. The van der Waals surface area contributed by atoms with Crippen molar-refractivity contribution in [2.75, 3.05) is 19.6 Å². The highest BCUT2D eigenvalue weighted by atomic mass is 35.5. The normalized spacial score (nSPS) is 12.3. The van der Waals surface area contributed by atoms with E-state index in [2.05, 4.69) is 29.0 Å². The minimum Gasteiger partial charge on any atom is -0.349 e. The first kappa shape index (κ1) is 20.1. The van der Waals surface area contributed by atoms with Crippen molar-refractivity contribution in [3.05, 3.63) is 81.2 Å². The maximum Gasteiger partial charge on any atom is 0.267 e. The topological polar surface area (TPSA) is 65.2 Å². The maximum atomic E-state index is 12.7. The van der Waals surface area contributed by atoms with Crippen molar-refractivity contribution in [3.63, 3.8) is 0 Å². The van der Waals surface area contributed by atoms with Crippen molar-refractivity contribution in [2.24, 2.45) is 0 Å². The van der Waals surface area contributed by atoms with E-state index >= 15 is 0 Å². The van der Waals surface area contributed by atoms with Crippen molar-refractivity contribution in [3.8, 4) is 0 Å². The number of nitrogens with one attached hydrogen (secondary N) is 2. The van der Waals surface area contributed by atoms with Gasteiger partial charge in [-0.1, -0.05) is 61.8 Å². The number of aromatic amines is 1. The van der Waals surface area contributed by atoms with Crippen LogP contribution in [0.1, 0.15) is 35.9 Å². The summed E-state index contributed by atoms with van der Waals surface area (Å²) in [4.78, 5) is 29.9. The van der Waals surface area contributed by atoms with E-state index in [-0.39, 0.29) is 23.2 Å². The monoisotopic (exact) mass is 397 g/mol. The van der Waals surface area contributed by atoms with Crippen LogP contribution in [-0.2, 0) is 0 Å². The molecule has 28 heavy (non-hydrogen) atoms. The summed E-state index contributed by atoms with van der Waals surface area (Å²) in [7, 11) is 0. The highest BCUT2D eigenvalue weighted by Crippen LogP contribution is 2.27. The van der Waals surface area contributed by atoms with Gasteiger partial charge >= 0.3 is 0 Å². The van der Waals surface area contributed by atoms with Gasteiger partial charge in [0.25, 0.3) is 11.5 Å². The first-order valence-corrected chi connectivity index (χ1v) is 9.81. The molecule has 0 aliphatic carbocycles. The number of fused-ring (bicyclic) bond motifs is 1. The second-order valence-electron chi connectivity index (χ2n) is 6.57. The van der Waals surface area contributed by atoms with Crippen LogP contribution in [0.25, 0.3) is 10.8 Å². The number of aromatic nitrogens is 1. The Hall–Kier alpha value is -2.63. The molecule has 1 heterocycles. The first-order chi connectivity index (χ1) is 13.5. The number of rotatable bonds is 7. The highest BCUT2D eigenvalue weighted by molar-refractivity contribution is 6.31. The maximum absolute atomic E-state index is 12.7. The lowest BCUT2D eigenvalue weighted by Crippen LogP contribution is -2.38. The second kappa shape index (κ2) is 9.04. The van der Waals surface area contributed by atoms with Crippen LogP contribution < -0.4 is 10.9 Å². The molecular formula is C22H24ClN3O2. The number of likely N-dealkylation sites (N-methyl/N-ethyl adjacent to an activating group) is 1. The predicted molar refractivity (Wildman–Crippen MR) is 114 cm³/mol. The molecular weight excluding hydrogens is 374 g/mol. The Morgan fingerprint density at radius 1 is 1.11 bits per heavy atom. The fraction of sp³-hybridized carbons (Fsp3) is 0.273. The Balaban J connectivity index is 1.84. The molecule has 3 aromatic rings. The van der Waals surface area contributed by atoms with Crippen LogP contribution in [0.4, 0.5) is 0 Å². The predicted octanol–water partition coefficient (Wildman–Crippen LogP) is 3.99. The van der Waals surface area contributed by atoms with E-state index in [4.69, 9.17) is 11.6 Å². The van der Waals surface area contributed by atoms with E-state index < -0.39 is 0 Å². The van der Waals surface area contributed by atoms with Crippen LogP contribution in [0.2, 0.25) is 5.02 Å². The van der Waals surface area contributed by atoms with E-state index in [1.54, 1.807) is 18.2 Å². The van der Waals surface area contributed by atoms with E-state index in [9.17, 15) is 9.59 Å². The zero-order valence-corrected chi connectivity index (χ0v) is 16.8. The molecule has 0 aliphatic rings. The number of carbonyl (C=O) groups is 1. The van der Waals surface area contributed by atoms with Crippen molar-refractivity contribution >= 4 is 28.3 Å². The minimum atomic E-state index is -0.313. The van der Waals surface area contributed by atoms with Crippen LogP contribution in [0.5, 0.6) is 0 Å². The molecule has 0 aliphatic heterocycles. The molecule has 0 bridgehead atoms. The van der Waals surface area contributed by atoms with Crippen molar-refractivity contribution in [1.82, 2.24) is 15.2 Å². The van der Waals surface area contributed by atoms with Crippen LogP contribution in [0.15, 0.2) is 59.4 Å². The van der Waals surface area contributed by atoms with Gasteiger partial charge in [0.1, 0.15) is 5.69 Å². The first-order valence-electron chi connectivity index (χ1n) is 9.43. The average Bonchev–Trinajstić information content (AvgIpc) is 2.71. The van der Waals surface area contributed by atoms with Crippen LogP contribution in [-0.4, -0.2) is 35.4 Å². The van der Waals surface area contributed by atoms with Gasteiger partial charge in [0.05, 0.1) is 6.04 Å². The molecule has 1 unspecified atom stereocenters. The summed E-state index contributed by atoms with van der Waals surface area (Å²) in [6.07, 6.45) is 0. The third kappa shape index (κ3) is 4.26. The van der Waals surface area contributed by atoms with Crippen LogP contribution >= 0.6 is 11.6 Å². The summed E-state index contributed by atoms with van der Waals surface area (Å²) >= 11 is 6.41. The van der Waals surface area contributed by atoms with Gasteiger partial charge in [-0.3, -0.25) is 14.5 Å². The smallest absolute Gasteiger partial charge is 0.267 e. The molecule has 2 aromatic carbocycles. The second-order valence-corrected chi connectivity index (χ2v) is 6.98. The number of pyridine rings is 1. The van der Waals surface area contributed by atoms with Crippen LogP contribution in [0.3, 0.4) is 0 Å². The molecule has 6 heteroatoms. The molecule has 0 fully saturated rings. The summed E-state index contributed by atoms with van der Waals surface area (Å²) in [5.74, 6) is -0.313. The largest absolute Gasteiger partial charge is 0.349 e. The highest BCUT2D eigenvalue weighted by Gasteiger charge is 2.21. The summed E-state index contributed by atoms with van der Waals surface area (Å²) in [6.45, 7) is 6.20. The molecule has 0 saturated heterocycles. The number of hydrogen-bond acceptors (Lipinski definition) is 3. The van der Waals surface area contributed by atoms with Crippen LogP contribution in [0, 0.1) is 0 Å². The summed E-state index contributed by atoms with van der Waals surface area (Å²) < 4.78 is 0. The van der Waals surface area contributed by atoms with Gasteiger partial charge in [-0.15, -0.1) is 0 Å². The Kier molecular flexibility index (Phi) is 6.49. The summed E-state index contributed by atoms with van der Waals surface area (Å²) in [6, 6.07) is 16.5. The molecule has 1 amide bonds. The van der Waals surface area contributed by atoms with Gasteiger partial charge in [-0.25, -0.2) is 0 Å². The SMILES string of the molecule is CCN(CC)C(CNC(=O)c1cc2ccccc2c(=O)[nH]1)c1ccccc1Cl. The fourth-order valence-electron chi connectivity index (χ4n) is 3.46. The quantitative estimate of drug-likeness (QED) is 0.633. The number of hydrogen-bond donors (Lipinski definition) is 2. The lowest BCUT2D eigenvalue weighted by Gasteiger charge is -2.30. The zero-order chi connectivity index (χ0) is 20.1. The Morgan fingerprint density at radius 2 is 1.79 bits per heavy atom. The Bertz CT molecular complexity index is 1030. The minimum absolute atomic E-state index is 0.0557. The molecule has 2 N–H and O–H groups in total. The zero-order valence-electron chi connectivity index (χ0n) is 16.0. The van der Waals surface area contributed by atoms with E-state index in [0.717, 1.165) is 24.0 Å².